The minimum Gasteiger partial charge on any atom is -0.346 e. The molecule has 0 saturated heterocycles. The first-order valence-electron chi connectivity index (χ1n) is 7.54. The fraction of sp³-hybridized carbons (Fsp3) is 0.333. The van der Waals surface area contributed by atoms with E-state index in [-0.39, 0.29) is 0 Å². The van der Waals surface area contributed by atoms with E-state index in [2.05, 4.69) is 71.7 Å². The highest BCUT2D eigenvalue weighted by Crippen LogP contribution is 2.26. The van der Waals surface area contributed by atoms with Crippen molar-refractivity contribution < 1.29 is 0 Å². The average Bonchev–Trinajstić information content (AvgIpc) is 3.07. The zero-order valence-corrected chi connectivity index (χ0v) is 13.5. The van der Waals surface area contributed by atoms with E-state index in [9.17, 15) is 0 Å². The van der Waals surface area contributed by atoms with E-state index in [1.54, 1.807) is 0 Å². The summed E-state index contributed by atoms with van der Waals surface area (Å²) >= 11 is 1.83. The summed E-state index contributed by atoms with van der Waals surface area (Å²) < 4.78 is 3.72. The monoisotopic (exact) mass is 298 g/mol. The summed E-state index contributed by atoms with van der Waals surface area (Å²) in [5, 5.41) is 7.20. The normalized spacial score (nSPS) is 11.6. The number of thiophene rings is 1. The topological polar surface area (TPSA) is 17.0 Å². The van der Waals surface area contributed by atoms with Crippen molar-refractivity contribution in [1.29, 1.82) is 0 Å². The van der Waals surface area contributed by atoms with Gasteiger partial charge in [0.2, 0.25) is 0 Å². The van der Waals surface area contributed by atoms with Crippen molar-refractivity contribution in [1.82, 2.24) is 9.88 Å². The highest BCUT2D eigenvalue weighted by atomic mass is 32.1. The summed E-state index contributed by atoms with van der Waals surface area (Å²) in [7, 11) is 0. The maximum Gasteiger partial charge on any atom is 0.0487 e. The lowest BCUT2D eigenvalue weighted by atomic mass is 10.2. The SMILES string of the molecule is CC(C)CNCc1cccn1Cc1csc2ccccc12. The molecule has 2 nitrogen and oxygen atoms in total. The lowest BCUT2D eigenvalue weighted by molar-refractivity contribution is 0.539. The summed E-state index contributed by atoms with van der Waals surface area (Å²) in [4.78, 5) is 0. The molecule has 0 aliphatic heterocycles. The molecule has 0 fully saturated rings. The van der Waals surface area contributed by atoms with Gasteiger partial charge in [0.15, 0.2) is 0 Å². The van der Waals surface area contributed by atoms with Gasteiger partial charge in [0, 0.05) is 29.7 Å². The van der Waals surface area contributed by atoms with Crippen LogP contribution in [0.5, 0.6) is 0 Å². The lowest BCUT2D eigenvalue weighted by Crippen LogP contribution is -2.20. The van der Waals surface area contributed by atoms with Crippen LogP contribution in [-0.4, -0.2) is 11.1 Å². The largest absolute Gasteiger partial charge is 0.346 e. The van der Waals surface area contributed by atoms with Crippen LogP contribution in [0.2, 0.25) is 0 Å². The molecule has 0 saturated carbocycles. The molecule has 1 N–H and O–H groups in total. The Kier molecular flexibility index (Phi) is 4.42. The Hall–Kier alpha value is -1.58. The predicted octanol–water partition coefficient (Wildman–Crippen LogP) is 4.50. The Morgan fingerprint density at radius 1 is 1.14 bits per heavy atom. The Morgan fingerprint density at radius 3 is 2.86 bits per heavy atom. The van der Waals surface area contributed by atoms with Gasteiger partial charge in [0.1, 0.15) is 0 Å². The molecule has 0 spiro atoms. The minimum absolute atomic E-state index is 0.689. The Bertz CT molecular complexity index is 709. The first kappa shape index (κ1) is 14.4. The molecule has 0 atom stereocenters. The predicted molar refractivity (Wildman–Crippen MR) is 91.9 cm³/mol. The van der Waals surface area contributed by atoms with Crippen LogP contribution in [-0.2, 0) is 13.1 Å². The van der Waals surface area contributed by atoms with Crippen LogP contribution in [0.25, 0.3) is 10.1 Å². The van der Waals surface area contributed by atoms with Crippen molar-refractivity contribution in [3.05, 3.63) is 59.2 Å². The van der Waals surface area contributed by atoms with Gasteiger partial charge in [0.25, 0.3) is 0 Å². The van der Waals surface area contributed by atoms with Gasteiger partial charge in [-0.15, -0.1) is 11.3 Å². The Balaban J connectivity index is 1.75. The number of rotatable bonds is 6. The molecule has 0 radical (unpaired) electrons. The van der Waals surface area contributed by atoms with Crippen LogP contribution in [0.15, 0.2) is 48.0 Å². The van der Waals surface area contributed by atoms with E-state index in [0.717, 1.165) is 19.6 Å². The maximum absolute atomic E-state index is 3.53. The molecule has 0 aliphatic rings. The molecule has 0 unspecified atom stereocenters. The molecular weight excluding hydrogens is 276 g/mol. The van der Waals surface area contributed by atoms with Crippen molar-refractivity contribution in [2.45, 2.75) is 26.9 Å². The van der Waals surface area contributed by atoms with E-state index >= 15 is 0 Å². The smallest absolute Gasteiger partial charge is 0.0487 e. The molecule has 3 rings (SSSR count). The van der Waals surface area contributed by atoms with Gasteiger partial charge >= 0.3 is 0 Å². The minimum atomic E-state index is 0.689. The number of nitrogens with zero attached hydrogens (tertiary/aromatic N) is 1. The summed E-state index contributed by atoms with van der Waals surface area (Å²) in [5.74, 6) is 0.689. The van der Waals surface area contributed by atoms with Gasteiger partial charge in [-0.25, -0.2) is 0 Å². The second-order valence-corrected chi connectivity index (χ2v) is 6.82. The van der Waals surface area contributed by atoms with Gasteiger partial charge in [0.05, 0.1) is 0 Å². The number of benzene rings is 1. The van der Waals surface area contributed by atoms with Crippen LogP contribution < -0.4 is 5.32 Å². The van der Waals surface area contributed by atoms with Crippen LogP contribution in [0.4, 0.5) is 0 Å². The molecule has 21 heavy (non-hydrogen) atoms. The van der Waals surface area contributed by atoms with Gasteiger partial charge in [-0.1, -0.05) is 32.0 Å². The van der Waals surface area contributed by atoms with Gasteiger partial charge < -0.3 is 9.88 Å². The Morgan fingerprint density at radius 2 is 2.00 bits per heavy atom. The second kappa shape index (κ2) is 6.46. The van der Waals surface area contributed by atoms with Crippen molar-refractivity contribution in [3.63, 3.8) is 0 Å². The van der Waals surface area contributed by atoms with Gasteiger partial charge in [-0.05, 0) is 47.0 Å². The zero-order valence-electron chi connectivity index (χ0n) is 12.7. The standard InChI is InChI=1S/C18H22N2S/c1-14(2)10-19-11-16-6-5-9-20(16)12-15-13-21-18-8-4-3-7-17(15)18/h3-9,13-14,19H,10-12H2,1-2H3. The summed E-state index contributed by atoms with van der Waals surface area (Å²) in [6.07, 6.45) is 2.18. The highest BCUT2D eigenvalue weighted by molar-refractivity contribution is 7.17. The first-order valence-corrected chi connectivity index (χ1v) is 8.42. The summed E-state index contributed by atoms with van der Waals surface area (Å²) in [6, 6.07) is 13.0. The van der Waals surface area contributed by atoms with E-state index in [1.165, 1.54) is 21.3 Å². The third kappa shape index (κ3) is 3.36. The molecule has 2 heterocycles. The third-order valence-electron chi connectivity index (χ3n) is 3.68. The van der Waals surface area contributed by atoms with Crippen LogP contribution >= 0.6 is 11.3 Å². The fourth-order valence-electron chi connectivity index (χ4n) is 2.59. The number of aromatic nitrogens is 1. The number of hydrogen-bond acceptors (Lipinski definition) is 2. The van der Waals surface area contributed by atoms with E-state index in [1.807, 2.05) is 11.3 Å². The van der Waals surface area contributed by atoms with Crippen LogP contribution in [0.3, 0.4) is 0 Å². The molecule has 3 heteroatoms. The molecule has 0 aliphatic carbocycles. The molecule has 1 aromatic carbocycles. The fourth-order valence-corrected chi connectivity index (χ4v) is 3.55. The van der Waals surface area contributed by atoms with Crippen molar-refractivity contribution in [2.75, 3.05) is 6.54 Å². The Labute approximate surface area is 130 Å². The first-order chi connectivity index (χ1) is 10.2. The average molecular weight is 298 g/mol. The lowest BCUT2D eigenvalue weighted by Gasteiger charge is -2.11. The molecule has 3 aromatic rings. The van der Waals surface area contributed by atoms with E-state index < -0.39 is 0 Å². The maximum atomic E-state index is 3.53. The molecule has 0 bridgehead atoms. The summed E-state index contributed by atoms with van der Waals surface area (Å²) in [5.41, 5.74) is 2.77. The molecule has 110 valence electrons. The number of fused-ring (bicyclic) bond motifs is 1. The second-order valence-electron chi connectivity index (χ2n) is 5.91. The van der Waals surface area contributed by atoms with Crippen molar-refractivity contribution in [3.8, 4) is 0 Å². The van der Waals surface area contributed by atoms with Crippen molar-refractivity contribution >= 4 is 21.4 Å². The highest BCUT2D eigenvalue weighted by Gasteiger charge is 2.06. The quantitative estimate of drug-likeness (QED) is 0.709. The number of hydrogen-bond donors (Lipinski definition) is 1. The van der Waals surface area contributed by atoms with E-state index in [0.29, 0.717) is 5.92 Å². The van der Waals surface area contributed by atoms with Gasteiger partial charge in [-0.2, -0.15) is 0 Å². The van der Waals surface area contributed by atoms with Crippen LogP contribution in [0, 0.1) is 5.92 Å². The molecular formula is C18H22N2S. The van der Waals surface area contributed by atoms with Crippen molar-refractivity contribution in [2.24, 2.45) is 5.92 Å². The summed E-state index contributed by atoms with van der Waals surface area (Å²) in [6.45, 7) is 7.43. The molecule has 0 amide bonds. The third-order valence-corrected chi connectivity index (χ3v) is 4.70. The molecule has 2 aromatic heterocycles. The van der Waals surface area contributed by atoms with Gasteiger partial charge in [-0.3, -0.25) is 0 Å². The van der Waals surface area contributed by atoms with Crippen LogP contribution in [0.1, 0.15) is 25.1 Å². The van der Waals surface area contributed by atoms with E-state index in [4.69, 9.17) is 0 Å². The zero-order chi connectivity index (χ0) is 14.7. The number of nitrogens with one attached hydrogen (secondary N) is 1.